The van der Waals surface area contributed by atoms with Crippen molar-refractivity contribution >= 4 is 5.84 Å². The Morgan fingerprint density at radius 1 is 1.27 bits per heavy atom. The number of halogens is 1. The van der Waals surface area contributed by atoms with Crippen molar-refractivity contribution in [1.29, 1.82) is 0 Å². The summed E-state index contributed by atoms with van der Waals surface area (Å²) in [6.45, 7) is 0.188. The average molecular weight is 357 g/mol. The molecule has 26 heavy (non-hydrogen) atoms. The summed E-state index contributed by atoms with van der Waals surface area (Å²) >= 11 is 0. The van der Waals surface area contributed by atoms with Gasteiger partial charge in [0.1, 0.15) is 12.4 Å². The van der Waals surface area contributed by atoms with Crippen molar-refractivity contribution in [3.05, 3.63) is 59.5 Å². The topological polar surface area (TPSA) is 58.0 Å². The maximum absolute atomic E-state index is 13.3. The van der Waals surface area contributed by atoms with E-state index in [0.717, 1.165) is 12.8 Å². The molecule has 0 unspecified atom stereocenters. The highest BCUT2D eigenvalue weighted by Crippen LogP contribution is 2.25. The first-order valence-electron chi connectivity index (χ1n) is 8.96. The summed E-state index contributed by atoms with van der Waals surface area (Å²) in [4.78, 5) is 6.28. The van der Waals surface area contributed by atoms with E-state index in [1.807, 2.05) is 18.0 Å². The van der Waals surface area contributed by atoms with Gasteiger partial charge in [0.15, 0.2) is 5.84 Å². The molecule has 1 fully saturated rings. The number of rotatable bonds is 5. The van der Waals surface area contributed by atoms with Gasteiger partial charge in [0.2, 0.25) is 5.88 Å². The number of pyridine rings is 1. The summed E-state index contributed by atoms with van der Waals surface area (Å²) in [5, 5.41) is 13.2. The predicted octanol–water partition coefficient (Wildman–Crippen LogP) is 4.20. The van der Waals surface area contributed by atoms with E-state index in [1.165, 1.54) is 31.4 Å². The fraction of sp³-hybridized carbons (Fsp3) is 0.400. The first kappa shape index (κ1) is 18.2. The SMILES string of the molecule is CN(/C(=N\O)c1cccnc1OCc1cccc(F)c1)C1CCCCC1. The molecule has 1 aliphatic carbocycles. The van der Waals surface area contributed by atoms with Gasteiger partial charge in [-0.3, -0.25) is 0 Å². The number of aromatic nitrogens is 1. The highest BCUT2D eigenvalue weighted by molar-refractivity contribution is 6.00. The Morgan fingerprint density at radius 3 is 2.81 bits per heavy atom. The molecule has 1 saturated carbocycles. The third-order valence-corrected chi connectivity index (χ3v) is 4.83. The molecule has 2 aromatic rings. The zero-order chi connectivity index (χ0) is 18.4. The molecular weight excluding hydrogens is 333 g/mol. The monoisotopic (exact) mass is 357 g/mol. The van der Waals surface area contributed by atoms with Crippen molar-refractivity contribution in [3.8, 4) is 5.88 Å². The number of oxime groups is 1. The number of hydrogen-bond donors (Lipinski definition) is 1. The van der Waals surface area contributed by atoms with E-state index in [1.54, 1.807) is 24.4 Å². The van der Waals surface area contributed by atoms with Crippen LogP contribution in [0.15, 0.2) is 47.8 Å². The van der Waals surface area contributed by atoms with Crippen LogP contribution in [0.25, 0.3) is 0 Å². The van der Waals surface area contributed by atoms with E-state index in [4.69, 9.17) is 4.74 Å². The van der Waals surface area contributed by atoms with E-state index in [0.29, 0.717) is 28.9 Å². The van der Waals surface area contributed by atoms with E-state index in [2.05, 4.69) is 10.1 Å². The summed E-state index contributed by atoms with van der Waals surface area (Å²) < 4.78 is 19.1. The summed E-state index contributed by atoms with van der Waals surface area (Å²) in [6, 6.07) is 10.2. The van der Waals surface area contributed by atoms with Crippen LogP contribution in [0.3, 0.4) is 0 Å². The minimum Gasteiger partial charge on any atom is -0.472 e. The van der Waals surface area contributed by atoms with Crippen LogP contribution in [0.4, 0.5) is 4.39 Å². The Hall–Kier alpha value is -2.63. The van der Waals surface area contributed by atoms with Crippen LogP contribution in [0, 0.1) is 5.82 Å². The Balaban J connectivity index is 1.78. The predicted molar refractivity (Wildman–Crippen MR) is 97.9 cm³/mol. The first-order chi connectivity index (χ1) is 12.7. The lowest BCUT2D eigenvalue weighted by Crippen LogP contribution is -2.39. The van der Waals surface area contributed by atoms with Crippen LogP contribution in [0.2, 0.25) is 0 Å². The molecule has 0 saturated heterocycles. The molecule has 1 aromatic heterocycles. The Bertz CT molecular complexity index is 760. The minimum absolute atomic E-state index is 0.188. The summed E-state index contributed by atoms with van der Waals surface area (Å²) in [7, 11) is 1.94. The maximum atomic E-state index is 13.3. The lowest BCUT2D eigenvalue weighted by Gasteiger charge is -2.33. The van der Waals surface area contributed by atoms with Gasteiger partial charge in [-0.25, -0.2) is 9.37 Å². The van der Waals surface area contributed by atoms with Crippen LogP contribution in [0.1, 0.15) is 43.2 Å². The minimum atomic E-state index is -0.304. The van der Waals surface area contributed by atoms with Crippen molar-refractivity contribution in [1.82, 2.24) is 9.88 Å². The smallest absolute Gasteiger partial charge is 0.224 e. The maximum Gasteiger partial charge on any atom is 0.224 e. The summed E-state index contributed by atoms with van der Waals surface area (Å²) in [6.07, 6.45) is 7.41. The standard InChI is InChI=1S/C20H24FN3O2/c1-24(17-9-3-2-4-10-17)19(23-25)18-11-6-12-22-20(18)26-14-15-7-5-8-16(21)13-15/h5-8,11-13,17,25H,2-4,9-10,14H2,1H3/b23-19-. The third-order valence-electron chi connectivity index (χ3n) is 4.83. The van der Waals surface area contributed by atoms with Crippen LogP contribution in [0.5, 0.6) is 5.88 Å². The largest absolute Gasteiger partial charge is 0.472 e. The molecule has 0 spiro atoms. The van der Waals surface area contributed by atoms with Gasteiger partial charge < -0.3 is 14.8 Å². The molecule has 1 aromatic carbocycles. The van der Waals surface area contributed by atoms with Gasteiger partial charge in [0.25, 0.3) is 0 Å². The summed E-state index contributed by atoms with van der Waals surface area (Å²) in [5.74, 6) is 0.508. The van der Waals surface area contributed by atoms with Crippen molar-refractivity contribution < 1.29 is 14.3 Å². The van der Waals surface area contributed by atoms with Crippen LogP contribution in [-0.4, -0.2) is 34.0 Å². The second-order valence-corrected chi connectivity index (χ2v) is 6.60. The number of ether oxygens (including phenoxy) is 1. The van der Waals surface area contributed by atoms with Gasteiger partial charge in [0.05, 0.1) is 5.56 Å². The van der Waals surface area contributed by atoms with Crippen LogP contribution in [-0.2, 0) is 6.61 Å². The number of benzene rings is 1. The fourth-order valence-corrected chi connectivity index (χ4v) is 3.41. The zero-order valence-corrected chi connectivity index (χ0v) is 14.9. The Kier molecular flexibility index (Phi) is 6.04. The van der Waals surface area contributed by atoms with Crippen molar-refractivity contribution in [2.45, 2.75) is 44.8 Å². The molecule has 1 aliphatic rings. The normalized spacial score (nSPS) is 15.7. The van der Waals surface area contributed by atoms with Gasteiger partial charge in [0, 0.05) is 19.3 Å². The van der Waals surface area contributed by atoms with Crippen LogP contribution < -0.4 is 4.74 Å². The van der Waals surface area contributed by atoms with Crippen molar-refractivity contribution in [2.24, 2.45) is 5.16 Å². The molecule has 138 valence electrons. The highest BCUT2D eigenvalue weighted by atomic mass is 19.1. The first-order valence-corrected chi connectivity index (χ1v) is 8.96. The molecule has 6 heteroatoms. The van der Waals surface area contributed by atoms with Gasteiger partial charge in [-0.2, -0.15) is 0 Å². The zero-order valence-electron chi connectivity index (χ0n) is 14.9. The Labute approximate surface area is 153 Å². The van der Waals surface area contributed by atoms with Gasteiger partial charge >= 0.3 is 0 Å². The molecule has 0 atom stereocenters. The number of amidine groups is 1. The number of nitrogens with zero attached hydrogens (tertiary/aromatic N) is 3. The van der Waals surface area contributed by atoms with Gasteiger partial charge in [-0.15, -0.1) is 0 Å². The van der Waals surface area contributed by atoms with E-state index < -0.39 is 0 Å². The lowest BCUT2D eigenvalue weighted by atomic mass is 9.94. The molecule has 0 bridgehead atoms. The highest BCUT2D eigenvalue weighted by Gasteiger charge is 2.24. The quantitative estimate of drug-likeness (QED) is 0.377. The molecular formula is C20H24FN3O2. The lowest BCUT2D eigenvalue weighted by molar-refractivity contribution is 0.253. The van der Waals surface area contributed by atoms with Gasteiger partial charge in [-0.1, -0.05) is 36.6 Å². The van der Waals surface area contributed by atoms with Crippen molar-refractivity contribution in [3.63, 3.8) is 0 Å². The fourth-order valence-electron chi connectivity index (χ4n) is 3.41. The molecule has 0 aliphatic heterocycles. The second-order valence-electron chi connectivity index (χ2n) is 6.60. The van der Waals surface area contributed by atoms with Crippen molar-refractivity contribution in [2.75, 3.05) is 7.05 Å². The molecule has 1 N–H and O–H groups in total. The average Bonchev–Trinajstić information content (AvgIpc) is 2.68. The Morgan fingerprint density at radius 2 is 2.08 bits per heavy atom. The van der Waals surface area contributed by atoms with E-state index in [-0.39, 0.29) is 12.4 Å². The van der Waals surface area contributed by atoms with Crippen LogP contribution >= 0.6 is 0 Å². The second kappa shape index (κ2) is 8.65. The molecule has 1 heterocycles. The molecule has 0 radical (unpaired) electrons. The molecule has 5 nitrogen and oxygen atoms in total. The number of hydrogen-bond acceptors (Lipinski definition) is 4. The summed E-state index contributed by atoms with van der Waals surface area (Å²) in [5.41, 5.74) is 1.34. The van der Waals surface area contributed by atoms with E-state index in [9.17, 15) is 9.60 Å². The van der Waals surface area contributed by atoms with Gasteiger partial charge in [-0.05, 0) is 42.7 Å². The van der Waals surface area contributed by atoms with E-state index >= 15 is 0 Å². The molecule has 3 rings (SSSR count). The molecule has 0 amide bonds. The third kappa shape index (κ3) is 4.31.